The number of nitrogens with zero attached hydrogens (tertiary/aromatic N) is 2. The van der Waals surface area contributed by atoms with Gasteiger partial charge in [0.2, 0.25) is 0 Å². The second kappa shape index (κ2) is 9.90. The van der Waals surface area contributed by atoms with Crippen molar-refractivity contribution in [2.75, 3.05) is 13.1 Å². The van der Waals surface area contributed by atoms with Crippen LogP contribution in [0.1, 0.15) is 30.5 Å². The molecule has 0 N–H and O–H groups in total. The monoisotopic (exact) mass is 478 g/mol. The minimum atomic E-state index is -0.384. The first kappa shape index (κ1) is 23.8. The Morgan fingerprint density at radius 3 is 2.38 bits per heavy atom. The number of rotatable bonds is 6. The van der Waals surface area contributed by atoms with Gasteiger partial charge in [0.1, 0.15) is 11.6 Å². The number of aromatic nitrogens is 1. The normalized spacial score (nSPS) is 11.1. The van der Waals surface area contributed by atoms with E-state index in [1.165, 1.54) is 0 Å². The molecule has 176 valence electrons. The molecule has 0 bridgehead atoms. The van der Waals surface area contributed by atoms with E-state index < -0.39 is 0 Å². The van der Waals surface area contributed by atoms with Gasteiger partial charge in [-0.25, -0.2) is 9.18 Å². The lowest BCUT2D eigenvalue weighted by atomic mass is 9.99. The number of aryl methyl sites for hydroxylation is 2. The van der Waals surface area contributed by atoms with Gasteiger partial charge in [0.15, 0.2) is 0 Å². The second-order valence-electron chi connectivity index (χ2n) is 8.38. The number of halogens is 2. The number of benzene rings is 3. The van der Waals surface area contributed by atoms with E-state index in [1.807, 2.05) is 74.0 Å². The largest absolute Gasteiger partial charge is 0.415 e. The van der Waals surface area contributed by atoms with E-state index in [0.717, 1.165) is 27.6 Å². The van der Waals surface area contributed by atoms with E-state index in [-0.39, 0.29) is 11.9 Å². The predicted molar refractivity (Wildman–Crippen MR) is 136 cm³/mol. The fourth-order valence-electron chi connectivity index (χ4n) is 4.16. The Hall–Kier alpha value is -3.31. The van der Waals surface area contributed by atoms with Crippen LogP contribution in [-0.4, -0.2) is 28.6 Å². The van der Waals surface area contributed by atoms with Gasteiger partial charge < -0.3 is 14.2 Å². The Morgan fingerprint density at radius 1 is 1.00 bits per heavy atom. The zero-order chi connectivity index (χ0) is 24.4. The number of amides is 1. The summed E-state index contributed by atoms with van der Waals surface area (Å²) >= 11 is 6.34. The zero-order valence-electron chi connectivity index (χ0n) is 19.9. The van der Waals surface area contributed by atoms with Crippen LogP contribution in [0.25, 0.3) is 22.0 Å². The first-order chi connectivity index (χ1) is 16.3. The minimum Gasteiger partial charge on any atom is -0.410 e. The molecular formula is C28H28ClFN2O2. The van der Waals surface area contributed by atoms with Gasteiger partial charge in [-0.1, -0.05) is 47.5 Å². The van der Waals surface area contributed by atoms with E-state index >= 15 is 0 Å². The van der Waals surface area contributed by atoms with Crippen molar-refractivity contribution in [1.29, 1.82) is 0 Å². The highest BCUT2D eigenvalue weighted by atomic mass is 35.5. The molecule has 0 fully saturated rings. The van der Waals surface area contributed by atoms with Crippen molar-refractivity contribution in [2.45, 2.75) is 34.2 Å². The molecule has 34 heavy (non-hydrogen) atoms. The first-order valence-corrected chi connectivity index (χ1v) is 11.8. The fraction of sp³-hybridized carbons (Fsp3) is 0.250. The molecule has 0 aliphatic heterocycles. The molecular weight excluding hydrogens is 451 g/mol. The van der Waals surface area contributed by atoms with Gasteiger partial charge in [0.25, 0.3) is 0 Å². The van der Waals surface area contributed by atoms with Crippen molar-refractivity contribution in [2.24, 2.45) is 0 Å². The van der Waals surface area contributed by atoms with Gasteiger partial charge in [-0.05, 0) is 63.1 Å². The predicted octanol–water partition coefficient (Wildman–Crippen LogP) is 7.61. The van der Waals surface area contributed by atoms with E-state index in [0.29, 0.717) is 41.5 Å². The van der Waals surface area contributed by atoms with Gasteiger partial charge >= 0.3 is 6.09 Å². The van der Waals surface area contributed by atoms with Crippen LogP contribution in [0.5, 0.6) is 5.75 Å². The van der Waals surface area contributed by atoms with Crippen LogP contribution < -0.4 is 4.74 Å². The fourth-order valence-corrected chi connectivity index (χ4v) is 4.37. The summed E-state index contributed by atoms with van der Waals surface area (Å²) < 4.78 is 22.7. The summed E-state index contributed by atoms with van der Waals surface area (Å²) in [6.07, 6.45) is 1.53. The first-order valence-electron chi connectivity index (χ1n) is 11.4. The molecule has 0 atom stereocenters. The smallest absolute Gasteiger partial charge is 0.410 e. The summed E-state index contributed by atoms with van der Waals surface area (Å²) in [7, 11) is 0. The molecule has 0 saturated carbocycles. The van der Waals surface area contributed by atoms with Crippen molar-refractivity contribution in [3.63, 3.8) is 0 Å². The lowest BCUT2D eigenvalue weighted by Gasteiger charge is -2.20. The maximum absolute atomic E-state index is 14.8. The molecule has 4 nitrogen and oxygen atoms in total. The third-order valence-electron chi connectivity index (χ3n) is 6.18. The minimum absolute atomic E-state index is 0.293. The Balaban J connectivity index is 1.84. The standard InChI is InChI=1S/C28H28ClFN2O2/c1-5-31(6-2)28(33)34-25-14-13-24-21(26(25)20-10-7-18(3)8-11-20)15-16-32(24)17-22-23(29)12-9-19(4)27(22)30/h7-16H,5-6,17H2,1-4H3. The summed E-state index contributed by atoms with van der Waals surface area (Å²) in [6, 6.07) is 17.2. The Bertz CT molecular complexity index is 1340. The van der Waals surface area contributed by atoms with Gasteiger partial charge in [0.05, 0.1) is 6.54 Å². The summed E-state index contributed by atoms with van der Waals surface area (Å²) in [5, 5.41) is 1.31. The van der Waals surface area contributed by atoms with Crippen molar-refractivity contribution in [3.8, 4) is 16.9 Å². The highest BCUT2D eigenvalue weighted by Crippen LogP contribution is 2.38. The highest BCUT2D eigenvalue weighted by Gasteiger charge is 2.20. The van der Waals surface area contributed by atoms with Crippen LogP contribution in [-0.2, 0) is 6.54 Å². The third-order valence-corrected chi connectivity index (χ3v) is 6.54. The maximum atomic E-state index is 14.8. The van der Waals surface area contributed by atoms with Gasteiger partial charge in [-0.2, -0.15) is 0 Å². The van der Waals surface area contributed by atoms with E-state index in [1.54, 1.807) is 24.0 Å². The SMILES string of the molecule is CCN(CC)C(=O)Oc1ccc2c(ccn2Cc2c(Cl)ccc(C)c2F)c1-c1ccc(C)cc1. The van der Waals surface area contributed by atoms with Crippen LogP contribution in [0, 0.1) is 19.7 Å². The molecule has 0 spiro atoms. The van der Waals surface area contributed by atoms with Crippen molar-refractivity contribution in [3.05, 3.63) is 88.3 Å². The molecule has 3 aromatic carbocycles. The lowest BCUT2D eigenvalue weighted by Crippen LogP contribution is -2.33. The molecule has 1 amide bonds. The lowest BCUT2D eigenvalue weighted by molar-refractivity contribution is 0.157. The highest BCUT2D eigenvalue weighted by molar-refractivity contribution is 6.31. The average molecular weight is 479 g/mol. The van der Waals surface area contributed by atoms with Crippen molar-refractivity contribution < 1.29 is 13.9 Å². The topological polar surface area (TPSA) is 34.5 Å². The number of hydrogen-bond donors (Lipinski definition) is 0. The molecule has 6 heteroatoms. The Labute approximate surface area is 204 Å². The third kappa shape index (κ3) is 4.53. The molecule has 1 aromatic heterocycles. The second-order valence-corrected chi connectivity index (χ2v) is 8.79. The summed E-state index contributed by atoms with van der Waals surface area (Å²) in [5.41, 5.74) is 4.81. The van der Waals surface area contributed by atoms with E-state index in [4.69, 9.17) is 16.3 Å². The van der Waals surface area contributed by atoms with Crippen molar-refractivity contribution in [1.82, 2.24) is 9.47 Å². The van der Waals surface area contributed by atoms with Crippen LogP contribution in [0.3, 0.4) is 0 Å². The maximum Gasteiger partial charge on any atom is 0.415 e. The summed E-state index contributed by atoms with van der Waals surface area (Å²) in [4.78, 5) is 14.4. The van der Waals surface area contributed by atoms with Crippen LogP contribution in [0.2, 0.25) is 5.02 Å². The van der Waals surface area contributed by atoms with Crippen LogP contribution in [0.15, 0.2) is 60.8 Å². The van der Waals surface area contributed by atoms with Gasteiger partial charge in [-0.15, -0.1) is 0 Å². The quantitative estimate of drug-likeness (QED) is 0.286. The Morgan fingerprint density at radius 2 is 1.71 bits per heavy atom. The van der Waals surface area contributed by atoms with Crippen molar-refractivity contribution >= 4 is 28.6 Å². The molecule has 0 unspecified atom stereocenters. The summed E-state index contributed by atoms with van der Waals surface area (Å²) in [5.74, 6) is 0.198. The van der Waals surface area contributed by atoms with Gasteiger partial charge in [-0.3, -0.25) is 0 Å². The number of carbonyl (C=O) groups excluding carboxylic acids is 1. The average Bonchev–Trinajstić information content (AvgIpc) is 3.23. The molecule has 1 heterocycles. The molecule has 0 saturated heterocycles. The molecule has 0 radical (unpaired) electrons. The zero-order valence-corrected chi connectivity index (χ0v) is 20.6. The van der Waals surface area contributed by atoms with Gasteiger partial charge in [0, 0.05) is 46.3 Å². The van der Waals surface area contributed by atoms with Crippen LogP contribution in [0.4, 0.5) is 9.18 Å². The van der Waals surface area contributed by atoms with Crippen LogP contribution >= 0.6 is 11.6 Å². The molecule has 0 aliphatic rings. The molecule has 0 aliphatic carbocycles. The number of fused-ring (bicyclic) bond motifs is 1. The number of carbonyl (C=O) groups is 1. The number of ether oxygens (including phenoxy) is 1. The summed E-state index contributed by atoms with van der Waals surface area (Å²) in [6.45, 7) is 9.03. The Kier molecular flexibility index (Phi) is 6.94. The van der Waals surface area contributed by atoms with E-state index in [9.17, 15) is 9.18 Å². The molecule has 4 aromatic rings. The van der Waals surface area contributed by atoms with E-state index in [2.05, 4.69) is 0 Å². The molecule has 4 rings (SSSR count). The number of hydrogen-bond acceptors (Lipinski definition) is 2.